The number of aliphatic imine (C=N–C) groups is 3. The third-order valence-corrected chi connectivity index (χ3v) is 8.15. The van der Waals surface area contributed by atoms with Crippen molar-refractivity contribution in [1.29, 1.82) is 0 Å². The zero-order valence-corrected chi connectivity index (χ0v) is 34.5. The summed E-state index contributed by atoms with van der Waals surface area (Å²) in [6.07, 6.45) is -6.83. The summed E-state index contributed by atoms with van der Waals surface area (Å²) in [5.41, 5.74) is 27.2. The SMILES string of the molecule is CC=N/C(=C\C(C)C(=O)Nc1cc(C(F)(F)F)cc(NC(=O)CCCCN=C(N)N)c1OCCN)C(=O)Nc1cc(C(F)(F)F)cc(NC(=O)CCCCN=C(N)N)c1OCCN. The molecule has 2 rings (SSSR count). The van der Waals surface area contributed by atoms with Crippen LogP contribution in [0.1, 0.15) is 63.5 Å². The summed E-state index contributed by atoms with van der Waals surface area (Å²) in [6, 6.07) is 2.35. The summed E-state index contributed by atoms with van der Waals surface area (Å²) in [5, 5.41) is 9.35. The summed E-state index contributed by atoms with van der Waals surface area (Å²) >= 11 is 0. The van der Waals surface area contributed by atoms with E-state index in [9.17, 15) is 45.5 Å². The number of nitrogens with one attached hydrogen (secondary N) is 4. The van der Waals surface area contributed by atoms with Gasteiger partial charge in [-0.05, 0) is 69.9 Å². The van der Waals surface area contributed by atoms with E-state index in [0.717, 1.165) is 12.3 Å². The first-order valence-corrected chi connectivity index (χ1v) is 19.3. The topological polar surface area (TPSA) is 328 Å². The van der Waals surface area contributed by atoms with Crippen molar-refractivity contribution in [2.45, 2.75) is 64.7 Å². The number of ether oxygens (including phenoxy) is 2. The summed E-state index contributed by atoms with van der Waals surface area (Å²) in [4.78, 5) is 64.4. The Balaban J connectivity index is 2.52. The predicted octanol–water partition coefficient (Wildman–Crippen LogP) is 3.35. The van der Waals surface area contributed by atoms with E-state index in [0.29, 0.717) is 37.1 Å². The van der Waals surface area contributed by atoms with Crippen molar-refractivity contribution >= 4 is 64.5 Å². The quantitative estimate of drug-likeness (QED) is 0.0239. The smallest absolute Gasteiger partial charge is 0.416 e. The molecule has 0 bridgehead atoms. The van der Waals surface area contributed by atoms with Crippen molar-refractivity contribution in [3.05, 3.63) is 47.2 Å². The molecule has 19 nitrogen and oxygen atoms in total. The fourth-order valence-corrected chi connectivity index (χ4v) is 5.29. The van der Waals surface area contributed by atoms with E-state index in [1.165, 1.54) is 13.8 Å². The minimum absolute atomic E-state index is 0.111. The van der Waals surface area contributed by atoms with Gasteiger partial charge in [0.15, 0.2) is 23.4 Å². The molecule has 0 aliphatic carbocycles. The van der Waals surface area contributed by atoms with E-state index in [-0.39, 0.29) is 88.5 Å². The molecule has 0 aliphatic rings. The molecule has 0 saturated heterocycles. The maximum Gasteiger partial charge on any atom is 0.416 e. The van der Waals surface area contributed by atoms with Crippen molar-refractivity contribution in [3.8, 4) is 11.5 Å². The summed E-state index contributed by atoms with van der Waals surface area (Å²) in [7, 11) is 0. The Bertz CT molecular complexity index is 2020. The maximum atomic E-state index is 14.1. The number of benzene rings is 2. The van der Waals surface area contributed by atoms with Crippen LogP contribution in [0.5, 0.6) is 11.5 Å². The predicted molar refractivity (Wildman–Crippen MR) is 227 cm³/mol. The van der Waals surface area contributed by atoms with Crippen LogP contribution in [-0.2, 0) is 31.5 Å². The van der Waals surface area contributed by atoms with Gasteiger partial charge >= 0.3 is 12.4 Å². The van der Waals surface area contributed by atoms with Gasteiger partial charge in [0.2, 0.25) is 17.7 Å². The summed E-state index contributed by atoms with van der Waals surface area (Å²) in [6.45, 7) is 2.31. The minimum Gasteiger partial charge on any atom is -0.488 e. The molecule has 2 aromatic carbocycles. The van der Waals surface area contributed by atoms with Gasteiger partial charge < -0.3 is 65.1 Å². The Morgan fingerprint density at radius 2 is 1.06 bits per heavy atom. The van der Waals surface area contributed by atoms with Gasteiger partial charge in [0.1, 0.15) is 18.9 Å². The molecular weight excluding hydrogens is 848 g/mol. The molecule has 0 aromatic heterocycles. The van der Waals surface area contributed by atoms with Crippen LogP contribution in [0.3, 0.4) is 0 Å². The Hall–Kier alpha value is -6.63. The zero-order chi connectivity index (χ0) is 47.3. The number of nitrogens with two attached hydrogens (primary N) is 6. The van der Waals surface area contributed by atoms with Crippen LogP contribution in [0.4, 0.5) is 49.1 Å². The van der Waals surface area contributed by atoms with Crippen LogP contribution in [0.25, 0.3) is 0 Å². The van der Waals surface area contributed by atoms with Crippen LogP contribution < -0.4 is 65.1 Å². The number of unbranched alkanes of at least 4 members (excludes halogenated alkanes) is 2. The van der Waals surface area contributed by atoms with Crippen molar-refractivity contribution in [2.75, 3.05) is 60.7 Å². The molecule has 0 radical (unpaired) electrons. The second-order valence-corrected chi connectivity index (χ2v) is 13.4. The van der Waals surface area contributed by atoms with Crippen molar-refractivity contribution in [3.63, 3.8) is 0 Å². The number of hydrogen-bond donors (Lipinski definition) is 10. The standard InChI is InChI=1S/C38H53F6N13O6/c1-3-51-28(34(61)57-27-20-23(38(42,43)44)18-25(32(27)63-15-11-46)55-30(59)9-5-7-13-53-36(49)50)16-21(2)33(60)56-26-19-22(37(39,40)41)17-24(31(26)62-14-10-45)54-29(58)8-4-6-12-52-35(47)48/h3,16-21H,4-15,45-46H2,1-2H3,(H,54,58)(H,55,59)(H,56,60)(H,57,61)(H4,47,48,52)(H4,49,50,53)/b28-16-,51-3?. The monoisotopic (exact) mass is 901 g/mol. The highest BCUT2D eigenvalue weighted by Crippen LogP contribution is 2.43. The molecule has 1 atom stereocenters. The lowest BCUT2D eigenvalue weighted by atomic mass is 10.1. The minimum atomic E-state index is -4.98. The van der Waals surface area contributed by atoms with Crippen LogP contribution in [-0.4, -0.2) is 81.2 Å². The van der Waals surface area contributed by atoms with Gasteiger partial charge in [-0.1, -0.05) is 0 Å². The highest BCUT2D eigenvalue weighted by Gasteiger charge is 2.35. The fourth-order valence-electron chi connectivity index (χ4n) is 5.29. The molecule has 0 saturated carbocycles. The van der Waals surface area contributed by atoms with Gasteiger partial charge in [-0.25, -0.2) is 0 Å². The number of halogens is 6. The van der Waals surface area contributed by atoms with E-state index >= 15 is 0 Å². The number of hydrogen-bond acceptors (Lipinski definition) is 11. The second kappa shape index (κ2) is 25.3. The number of rotatable bonds is 24. The van der Waals surface area contributed by atoms with Gasteiger partial charge in [-0.3, -0.25) is 34.2 Å². The highest BCUT2D eigenvalue weighted by molar-refractivity contribution is 6.07. The van der Waals surface area contributed by atoms with Gasteiger partial charge in [-0.15, -0.1) is 0 Å². The van der Waals surface area contributed by atoms with E-state index in [4.69, 9.17) is 43.9 Å². The van der Waals surface area contributed by atoms with E-state index in [1.807, 2.05) is 0 Å². The zero-order valence-electron chi connectivity index (χ0n) is 34.5. The van der Waals surface area contributed by atoms with Gasteiger partial charge in [0.05, 0.1) is 39.8 Å². The first-order valence-electron chi connectivity index (χ1n) is 19.3. The molecule has 0 aliphatic heterocycles. The van der Waals surface area contributed by atoms with Gasteiger partial charge in [0, 0.05) is 45.2 Å². The molecule has 4 amide bonds. The lowest BCUT2D eigenvalue weighted by molar-refractivity contribution is -0.138. The molecule has 1 unspecified atom stereocenters. The molecule has 2 aromatic rings. The Morgan fingerprint density at radius 1 is 0.667 bits per heavy atom. The average Bonchev–Trinajstić information content (AvgIpc) is 3.18. The van der Waals surface area contributed by atoms with Crippen LogP contribution in [0.2, 0.25) is 0 Å². The third kappa shape index (κ3) is 18.5. The summed E-state index contributed by atoms with van der Waals surface area (Å²) in [5.74, 6) is -5.97. The fraction of sp³-hybridized carbons (Fsp3) is 0.447. The molecule has 0 fully saturated rings. The van der Waals surface area contributed by atoms with E-state index in [1.54, 1.807) is 0 Å². The normalized spacial score (nSPS) is 12.3. The lowest BCUT2D eigenvalue weighted by Gasteiger charge is -2.21. The molecule has 0 spiro atoms. The number of carbonyl (C=O) groups is 4. The maximum absolute atomic E-state index is 14.1. The third-order valence-electron chi connectivity index (χ3n) is 8.15. The Kier molecular flexibility index (Phi) is 21.1. The lowest BCUT2D eigenvalue weighted by Crippen LogP contribution is -2.24. The number of alkyl halides is 6. The number of guanidine groups is 2. The molecule has 0 heterocycles. The highest BCUT2D eigenvalue weighted by atomic mass is 19.4. The number of anilines is 4. The number of nitrogens with zero attached hydrogens (tertiary/aromatic N) is 3. The van der Waals surface area contributed by atoms with Crippen molar-refractivity contribution < 1.29 is 55.0 Å². The van der Waals surface area contributed by atoms with E-state index < -0.39 is 81.5 Å². The van der Waals surface area contributed by atoms with E-state index in [2.05, 4.69) is 36.2 Å². The first-order chi connectivity index (χ1) is 29.6. The number of amides is 4. The average molecular weight is 902 g/mol. The summed E-state index contributed by atoms with van der Waals surface area (Å²) < 4.78 is 96.0. The van der Waals surface area contributed by atoms with Crippen molar-refractivity contribution in [2.24, 2.45) is 55.3 Å². The number of carbonyl (C=O) groups excluding carboxylic acids is 4. The first kappa shape index (κ1) is 52.5. The van der Waals surface area contributed by atoms with Crippen LogP contribution >= 0.6 is 0 Å². The molecule has 63 heavy (non-hydrogen) atoms. The molecule has 25 heteroatoms. The van der Waals surface area contributed by atoms with Crippen LogP contribution in [0.15, 0.2) is 51.0 Å². The van der Waals surface area contributed by atoms with Crippen molar-refractivity contribution in [1.82, 2.24) is 0 Å². The Labute approximate surface area is 358 Å². The van der Waals surface area contributed by atoms with Crippen LogP contribution in [0, 0.1) is 5.92 Å². The second-order valence-electron chi connectivity index (χ2n) is 13.4. The molecule has 348 valence electrons. The largest absolute Gasteiger partial charge is 0.488 e. The molecular formula is C38H53F6N13O6. The molecule has 16 N–H and O–H groups in total. The van der Waals surface area contributed by atoms with Gasteiger partial charge in [0.25, 0.3) is 5.91 Å². The Morgan fingerprint density at radius 3 is 1.43 bits per heavy atom. The van der Waals surface area contributed by atoms with Gasteiger partial charge in [-0.2, -0.15) is 26.3 Å².